The first-order valence-corrected chi connectivity index (χ1v) is 10.9. The molecule has 0 spiro atoms. The van der Waals surface area contributed by atoms with E-state index in [4.69, 9.17) is 16.3 Å². The minimum Gasteiger partial charge on any atom is -0.451 e. The summed E-state index contributed by atoms with van der Waals surface area (Å²) in [6.45, 7) is -0.633. The van der Waals surface area contributed by atoms with Gasteiger partial charge in [0.25, 0.3) is 5.91 Å². The van der Waals surface area contributed by atoms with Crippen molar-refractivity contribution < 1.29 is 27.1 Å². The Kier molecular flexibility index (Phi) is 6.92. The molecule has 3 aromatic rings. The fourth-order valence-corrected chi connectivity index (χ4v) is 4.02. The fraction of sp³-hybridized carbons (Fsp3) is 0.150. The van der Waals surface area contributed by atoms with Gasteiger partial charge in [-0.2, -0.15) is 0 Å². The molecule has 2 aromatic carbocycles. The second-order valence-electron chi connectivity index (χ2n) is 6.68. The van der Waals surface area contributed by atoms with Crippen LogP contribution in [0.1, 0.15) is 10.5 Å². The predicted molar refractivity (Wildman–Crippen MR) is 115 cm³/mol. The van der Waals surface area contributed by atoms with E-state index in [1.807, 2.05) is 0 Å². The Balaban J connectivity index is 1.67. The minimum atomic E-state index is -3.82. The zero-order valence-corrected chi connectivity index (χ0v) is 18.5. The third-order valence-electron chi connectivity index (χ3n) is 4.26. The normalized spacial score (nSPS) is 11.4. The Morgan fingerprint density at radius 3 is 2.53 bits per heavy atom. The number of nitrogens with zero attached hydrogens (tertiary/aromatic N) is 3. The van der Waals surface area contributed by atoms with E-state index >= 15 is 0 Å². The summed E-state index contributed by atoms with van der Waals surface area (Å²) in [5, 5.41) is 2.45. The van der Waals surface area contributed by atoms with Crippen molar-refractivity contribution in [1.82, 2.24) is 13.9 Å². The van der Waals surface area contributed by atoms with E-state index in [0.717, 1.165) is 4.31 Å². The highest BCUT2D eigenvalue weighted by atomic mass is 35.5. The molecule has 1 aromatic heterocycles. The molecule has 0 saturated heterocycles. The number of imidazole rings is 1. The van der Waals surface area contributed by atoms with Crippen molar-refractivity contribution in [3.8, 4) is 5.69 Å². The smallest absolute Gasteiger partial charge is 0.357 e. The first-order chi connectivity index (χ1) is 15.1. The molecule has 9 nitrogen and oxygen atoms in total. The summed E-state index contributed by atoms with van der Waals surface area (Å²) in [5.41, 5.74) is 0.679. The van der Waals surface area contributed by atoms with Gasteiger partial charge in [-0.15, -0.1) is 0 Å². The Morgan fingerprint density at radius 2 is 1.88 bits per heavy atom. The zero-order chi connectivity index (χ0) is 23.5. The van der Waals surface area contributed by atoms with Crippen LogP contribution in [0.5, 0.6) is 0 Å². The van der Waals surface area contributed by atoms with Crippen LogP contribution in [-0.2, 0) is 19.6 Å². The summed E-state index contributed by atoms with van der Waals surface area (Å²) in [4.78, 5) is 28.3. The number of carbonyl (C=O) groups is 2. The van der Waals surface area contributed by atoms with Gasteiger partial charge in [0.05, 0.1) is 17.5 Å². The third-order valence-corrected chi connectivity index (χ3v) is 6.56. The summed E-state index contributed by atoms with van der Waals surface area (Å²) >= 11 is 5.98. The van der Waals surface area contributed by atoms with Crippen LogP contribution in [0.15, 0.2) is 59.9 Å². The first kappa shape index (κ1) is 23.4. The van der Waals surface area contributed by atoms with Gasteiger partial charge in [0.1, 0.15) is 10.7 Å². The largest absolute Gasteiger partial charge is 0.451 e. The molecule has 32 heavy (non-hydrogen) atoms. The fourth-order valence-electron chi connectivity index (χ4n) is 2.63. The van der Waals surface area contributed by atoms with Crippen molar-refractivity contribution >= 4 is 39.2 Å². The number of anilines is 1. The second kappa shape index (κ2) is 9.47. The number of ether oxygens (including phenoxy) is 1. The summed E-state index contributed by atoms with van der Waals surface area (Å²) in [6.07, 6.45) is 2.60. The van der Waals surface area contributed by atoms with Crippen LogP contribution in [-0.4, -0.2) is 54.9 Å². The van der Waals surface area contributed by atoms with Crippen LogP contribution in [0.25, 0.3) is 5.69 Å². The number of hydrogen-bond donors (Lipinski definition) is 1. The van der Waals surface area contributed by atoms with E-state index in [9.17, 15) is 22.4 Å². The van der Waals surface area contributed by atoms with Crippen LogP contribution < -0.4 is 5.32 Å². The topological polar surface area (TPSA) is 111 Å². The zero-order valence-electron chi connectivity index (χ0n) is 17.0. The number of amides is 1. The maximum absolute atomic E-state index is 13.1. The van der Waals surface area contributed by atoms with Crippen molar-refractivity contribution in [1.29, 1.82) is 0 Å². The van der Waals surface area contributed by atoms with Crippen molar-refractivity contribution in [2.75, 3.05) is 26.0 Å². The van der Waals surface area contributed by atoms with Gasteiger partial charge in [-0.05, 0) is 42.5 Å². The maximum Gasteiger partial charge on any atom is 0.357 e. The van der Waals surface area contributed by atoms with Crippen molar-refractivity contribution in [2.45, 2.75) is 4.90 Å². The molecule has 0 aliphatic rings. The highest BCUT2D eigenvalue weighted by molar-refractivity contribution is 7.89. The molecular formula is C20H18ClFN4O5S. The Morgan fingerprint density at radius 1 is 1.19 bits per heavy atom. The van der Waals surface area contributed by atoms with Gasteiger partial charge in [0.2, 0.25) is 10.0 Å². The number of halogens is 2. The van der Waals surface area contributed by atoms with Crippen molar-refractivity contribution in [3.63, 3.8) is 0 Å². The molecule has 1 N–H and O–H groups in total. The van der Waals surface area contributed by atoms with E-state index in [1.54, 1.807) is 0 Å². The van der Waals surface area contributed by atoms with Crippen LogP contribution in [0, 0.1) is 5.82 Å². The van der Waals surface area contributed by atoms with E-state index in [-0.39, 0.29) is 21.3 Å². The van der Waals surface area contributed by atoms with Gasteiger partial charge < -0.3 is 10.1 Å². The molecule has 0 unspecified atom stereocenters. The van der Waals surface area contributed by atoms with Crippen molar-refractivity contribution in [2.24, 2.45) is 0 Å². The second-order valence-corrected chi connectivity index (χ2v) is 9.21. The van der Waals surface area contributed by atoms with Gasteiger partial charge in [0, 0.05) is 25.5 Å². The Bertz CT molecular complexity index is 1260. The number of benzene rings is 2. The molecular weight excluding hydrogens is 463 g/mol. The molecule has 0 atom stereocenters. The van der Waals surface area contributed by atoms with Crippen LogP contribution in [0.4, 0.5) is 10.1 Å². The average molecular weight is 481 g/mol. The van der Waals surface area contributed by atoms with Gasteiger partial charge in [0.15, 0.2) is 12.3 Å². The number of hydrogen-bond acceptors (Lipinski definition) is 6. The molecule has 0 aliphatic carbocycles. The van der Waals surface area contributed by atoms with E-state index < -0.39 is 34.3 Å². The number of aromatic nitrogens is 2. The Hall–Kier alpha value is -3.28. The molecule has 0 saturated carbocycles. The van der Waals surface area contributed by atoms with Gasteiger partial charge in [-0.25, -0.2) is 26.9 Å². The lowest BCUT2D eigenvalue weighted by Crippen LogP contribution is -2.24. The summed E-state index contributed by atoms with van der Waals surface area (Å²) < 4.78 is 45.2. The highest BCUT2D eigenvalue weighted by Crippen LogP contribution is 2.26. The number of rotatable bonds is 7. The number of carbonyl (C=O) groups excluding carboxylic acids is 2. The Labute approximate surface area is 188 Å². The highest BCUT2D eigenvalue weighted by Gasteiger charge is 2.22. The summed E-state index contributed by atoms with van der Waals surface area (Å²) in [5.74, 6) is -1.95. The number of nitrogens with one attached hydrogen (secondary N) is 1. The molecule has 1 heterocycles. The molecule has 0 fully saturated rings. The molecule has 3 rings (SSSR count). The molecule has 168 valence electrons. The molecule has 12 heteroatoms. The monoisotopic (exact) mass is 480 g/mol. The maximum atomic E-state index is 13.1. The van der Waals surface area contributed by atoms with E-state index in [2.05, 4.69) is 10.3 Å². The van der Waals surface area contributed by atoms with Gasteiger partial charge >= 0.3 is 5.97 Å². The SMILES string of the molecule is CN(C)S(=O)(=O)c1cc(NC(=O)COC(=O)c2cncn2-c2ccc(F)cc2)ccc1Cl. The average Bonchev–Trinajstić information content (AvgIpc) is 3.23. The van der Waals surface area contributed by atoms with Gasteiger partial charge in [-0.1, -0.05) is 11.6 Å². The summed E-state index contributed by atoms with van der Waals surface area (Å²) in [6, 6.07) is 9.34. The predicted octanol–water partition coefficient (Wildman–Crippen LogP) is 2.71. The third kappa shape index (κ3) is 5.13. The van der Waals surface area contributed by atoms with Crippen molar-refractivity contribution in [3.05, 3.63) is 71.5 Å². The summed E-state index contributed by atoms with van der Waals surface area (Å²) in [7, 11) is -1.12. The molecule has 0 aliphatic heterocycles. The minimum absolute atomic E-state index is 0.00261. The van der Waals surface area contributed by atoms with Crippen LogP contribution in [0.2, 0.25) is 5.02 Å². The van der Waals surface area contributed by atoms with E-state index in [1.165, 1.54) is 73.7 Å². The van der Waals surface area contributed by atoms with Crippen LogP contribution >= 0.6 is 11.6 Å². The van der Waals surface area contributed by atoms with Crippen LogP contribution in [0.3, 0.4) is 0 Å². The first-order valence-electron chi connectivity index (χ1n) is 9.07. The molecule has 0 bridgehead atoms. The standard InChI is InChI=1S/C20H18ClFN4O5S/c1-25(2)32(29,30)18-9-14(5-8-16(18)21)24-19(27)11-31-20(28)17-10-23-12-26(17)15-6-3-13(22)4-7-15/h3-10,12H,11H2,1-2H3,(H,24,27). The number of esters is 1. The lowest BCUT2D eigenvalue weighted by atomic mass is 10.3. The molecule has 1 amide bonds. The quantitative estimate of drug-likeness (QED) is 0.520. The van der Waals surface area contributed by atoms with E-state index in [0.29, 0.717) is 5.69 Å². The lowest BCUT2D eigenvalue weighted by molar-refractivity contribution is -0.119. The molecule has 0 radical (unpaired) electrons. The van der Waals surface area contributed by atoms with Gasteiger partial charge in [-0.3, -0.25) is 9.36 Å². The lowest BCUT2D eigenvalue weighted by Gasteiger charge is -2.14. The number of sulfonamides is 1.